The van der Waals surface area contributed by atoms with Gasteiger partial charge in [0.2, 0.25) is 5.91 Å². The topological polar surface area (TPSA) is 68.0 Å². The summed E-state index contributed by atoms with van der Waals surface area (Å²) in [5.74, 6) is -0.160. The van der Waals surface area contributed by atoms with E-state index >= 15 is 0 Å². The van der Waals surface area contributed by atoms with E-state index in [2.05, 4.69) is 27.6 Å². The second-order valence-corrected chi connectivity index (χ2v) is 7.03. The second-order valence-electron chi connectivity index (χ2n) is 6.00. The summed E-state index contributed by atoms with van der Waals surface area (Å²) >= 11 is 1.47. The van der Waals surface area contributed by atoms with Gasteiger partial charge in [0, 0.05) is 10.8 Å². The molecule has 0 unspecified atom stereocenters. The first-order valence-corrected chi connectivity index (χ1v) is 9.01. The zero-order chi connectivity index (χ0) is 17.5. The highest BCUT2D eigenvalue weighted by Gasteiger charge is 2.14. The Kier molecular flexibility index (Phi) is 3.43. The number of anilines is 1. The van der Waals surface area contributed by atoms with Gasteiger partial charge in [-0.2, -0.15) is 0 Å². The largest absolute Gasteiger partial charge is 0.356 e. The number of carbonyl (C=O) groups excluding carboxylic acids is 1. The third kappa shape index (κ3) is 2.51. The quantitative estimate of drug-likeness (QED) is 0.504. The maximum atomic E-state index is 12.4. The summed E-state index contributed by atoms with van der Waals surface area (Å²) in [6.07, 6.45) is 0.147. The van der Waals surface area contributed by atoms with E-state index < -0.39 is 0 Å². The summed E-state index contributed by atoms with van der Waals surface area (Å²) in [4.78, 5) is 17.1. The monoisotopic (exact) mass is 359 g/mol. The van der Waals surface area contributed by atoms with Gasteiger partial charge >= 0.3 is 0 Å². The van der Waals surface area contributed by atoms with E-state index in [0.29, 0.717) is 16.4 Å². The van der Waals surface area contributed by atoms with Crippen molar-refractivity contribution in [3.05, 3.63) is 66.4 Å². The van der Waals surface area contributed by atoms with Gasteiger partial charge in [-0.3, -0.25) is 4.79 Å². The molecule has 3 aromatic carbocycles. The van der Waals surface area contributed by atoms with Gasteiger partial charge in [0.1, 0.15) is 5.69 Å². The number of carbonyl (C=O) groups is 1. The first kappa shape index (κ1) is 15.0. The van der Waals surface area contributed by atoms with Crippen LogP contribution in [0, 0.1) is 0 Å². The Bertz CT molecular complexity index is 1270. The third-order valence-corrected chi connectivity index (χ3v) is 5.25. The van der Waals surface area contributed by atoms with Crippen molar-refractivity contribution in [1.82, 2.24) is 10.1 Å². The predicted octanol–water partition coefficient (Wildman–Crippen LogP) is 4.77. The number of hydrogen-bond donors (Lipinski definition) is 1. The predicted molar refractivity (Wildman–Crippen MR) is 103 cm³/mol. The fraction of sp³-hybridized carbons (Fsp3) is 0.0500. The second kappa shape index (κ2) is 5.93. The minimum absolute atomic E-state index is 0.147. The van der Waals surface area contributed by atoms with Crippen LogP contribution in [0.25, 0.3) is 32.0 Å². The summed E-state index contributed by atoms with van der Waals surface area (Å²) < 4.78 is 6.30. The molecule has 0 atom stereocenters. The molecule has 1 N–H and O–H groups in total. The number of fused-ring (bicyclic) bond motifs is 4. The molecule has 0 fully saturated rings. The first-order chi connectivity index (χ1) is 12.8. The van der Waals surface area contributed by atoms with Crippen molar-refractivity contribution in [1.29, 1.82) is 0 Å². The highest BCUT2D eigenvalue weighted by Crippen LogP contribution is 2.31. The van der Waals surface area contributed by atoms with Crippen molar-refractivity contribution in [2.75, 3.05) is 5.32 Å². The lowest BCUT2D eigenvalue weighted by molar-refractivity contribution is -0.115. The van der Waals surface area contributed by atoms with Crippen molar-refractivity contribution in [3.63, 3.8) is 0 Å². The van der Waals surface area contributed by atoms with Gasteiger partial charge in [-0.25, -0.2) is 4.98 Å². The van der Waals surface area contributed by atoms with Gasteiger partial charge in [-0.15, -0.1) is 0 Å². The maximum Gasteiger partial charge on any atom is 0.232 e. The molecule has 1 amide bonds. The van der Waals surface area contributed by atoms with E-state index in [0.717, 1.165) is 26.4 Å². The summed E-state index contributed by atoms with van der Waals surface area (Å²) in [5.41, 5.74) is 2.22. The molecule has 0 spiro atoms. The van der Waals surface area contributed by atoms with Gasteiger partial charge in [0.15, 0.2) is 10.7 Å². The van der Waals surface area contributed by atoms with E-state index in [1.807, 2.05) is 48.5 Å². The molecule has 0 saturated carbocycles. The van der Waals surface area contributed by atoms with Crippen LogP contribution in [-0.4, -0.2) is 16.0 Å². The molecule has 26 heavy (non-hydrogen) atoms. The molecule has 5 nitrogen and oxygen atoms in total. The molecule has 0 aliphatic rings. The van der Waals surface area contributed by atoms with Gasteiger partial charge in [0.25, 0.3) is 0 Å². The minimum atomic E-state index is -0.160. The van der Waals surface area contributed by atoms with Crippen LogP contribution < -0.4 is 5.32 Å². The van der Waals surface area contributed by atoms with Crippen molar-refractivity contribution in [2.45, 2.75) is 6.42 Å². The molecular weight excluding hydrogens is 346 g/mol. The fourth-order valence-corrected chi connectivity index (χ4v) is 3.99. The van der Waals surface area contributed by atoms with Gasteiger partial charge in [-0.05, 0) is 23.6 Å². The average Bonchev–Trinajstić information content (AvgIpc) is 3.26. The van der Waals surface area contributed by atoms with Gasteiger partial charge in [0.05, 0.1) is 16.6 Å². The summed E-state index contributed by atoms with van der Waals surface area (Å²) in [7, 11) is 0. The SMILES string of the molecule is O=C(Cc1noc2ccccc12)Nc1nc2c(ccc3ccccc32)s1. The van der Waals surface area contributed by atoms with E-state index in [4.69, 9.17) is 4.52 Å². The van der Waals surface area contributed by atoms with Crippen LogP contribution in [0.15, 0.2) is 65.2 Å². The maximum absolute atomic E-state index is 12.4. The smallest absolute Gasteiger partial charge is 0.232 e. The third-order valence-electron chi connectivity index (χ3n) is 4.31. The van der Waals surface area contributed by atoms with Crippen LogP contribution in [-0.2, 0) is 11.2 Å². The van der Waals surface area contributed by atoms with Gasteiger partial charge in [-0.1, -0.05) is 59.0 Å². The number of hydrogen-bond acceptors (Lipinski definition) is 5. The highest BCUT2D eigenvalue weighted by atomic mass is 32.1. The average molecular weight is 359 g/mol. The van der Waals surface area contributed by atoms with E-state index in [9.17, 15) is 4.79 Å². The van der Waals surface area contributed by atoms with Crippen LogP contribution in [0.3, 0.4) is 0 Å². The Morgan fingerprint density at radius 2 is 1.81 bits per heavy atom. The van der Waals surface area contributed by atoms with Crippen molar-refractivity contribution < 1.29 is 9.32 Å². The molecule has 0 bridgehead atoms. The van der Waals surface area contributed by atoms with Crippen LogP contribution in [0.1, 0.15) is 5.69 Å². The van der Waals surface area contributed by atoms with Crippen LogP contribution in [0.4, 0.5) is 5.13 Å². The number of nitrogens with one attached hydrogen (secondary N) is 1. The Hall–Kier alpha value is -3.25. The molecule has 2 heterocycles. The van der Waals surface area contributed by atoms with Gasteiger partial charge < -0.3 is 9.84 Å². The lowest BCUT2D eigenvalue weighted by Gasteiger charge is -1.99. The number of benzene rings is 3. The van der Waals surface area contributed by atoms with E-state index in [1.54, 1.807) is 0 Å². The van der Waals surface area contributed by atoms with Crippen molar-refractivity contribution in [2.24, 2.45) is 0 Å². The zero-order valence-electron chi connectivity index (χ0n) is 13.6. The van der Waals surface area contributed by atoms with Crippen molar-refractivity contribution in [3.8, 4) is 0 Å². The number of aromatic nitrogens is 2. The number of amides is 1. The van der Waals surface area contributed by atoms with Crippen LogP contribution >= 0.6 is 11.3 Å². The molecule has 2 aromatic heterocycles. The van der Waals surface area contributed by atoms with Crippen molar-refractivity contribution >= 4 is 54.3 Å². The first-order valence-electron chi connectivity index (χ1n) is 8.19. The lowest BCUT2D eigenvalue weighted by atomic mass is 10.1. The molecule has 0 saturated heterocycles. The number of nitrogens with zero attached hydrogens (tertiary/aromatic N) is 2. The Labute approximate surface area is 152 Å². The van der Waals surface area contributed by atoms with Crippen LogP contribution in [0.2, 0.25) is 0 Å². The Morgan fingerprint density at radius 3 is 2.73 bits per heavy atom. The highest BCUT2D eigenvalue weighted by molar-refractivity contribution is 7.22. The zero-order valence-corrected chi connectivity index (χ0v) is 14.4. The normalized spacial score (nSPS) is 11.4. The molecule has 5 aromatic rings. The molecule has 126 valence electrons. The molecule has 6 heteroatoms. The molecular formula is C20H13N3O2S. The number of thiazole rings is 1. The Balaban J connectivity index is 1.43. The molecule has 0 aliphatic carbocycles. The number of para-hydroxylation sites is 1. The molecule has 0 radical (unpaired) electrons. The molecule has 0 aliphatic heterocycles. The minimum Gasteiger partial charge on any atom is -0.356 e. The lowest BCUT2D eigenvalue weighted by Crippen LogP contribution is -2.14. The van der Waals surface area contributed by atoms with E-state index in [1.165, 1.54) is 11.3 Å². The Morgan fingerprint density at radius 1 is 1.00 bits per heavy atom. The van der Waals surface area contributed by atoms with Crippen LogP contribution in [0.5, 0.6) is 0 Å². The fourth-order valence-electron chi connectivity index (χ4n) is 3.10. The summed E-state index contributed by atoms with van der Waals surface area (Å²) in [5, 5.41) is 10.6. The standard InChI is InChI=1S/C20H13N3O2S/c24-18(11-15-14-7-3-4-8-16(14)25-23-15)21-20-22-19-13-6-2-1-5-12(13)9-10-17(19)26-20/h1-10H,11H2,(H,21,22,24). The number of rotatable bonds is 3. The van der Waals surface area contributed by atoms with E-state index in [-0.39, 0.29) is 12.3 Å². The summed E-state index contributed by atoms with van der Waals surface area (Å²) in [6, 6.07) is 19.7. The summed E-state index contributed by atoms with van der Waals surface area (Å²) in [6.45, 7) is 0. The molecule has 5 rings (SSSR count).